The molecule has 35 heavy (non-hydrogen) atoms. The van der Waals surface area contributed by atoms with E-state index in [1.807, 2.05) is 36.4 Å². The molecule has 4 rings (SSSR count). The van der Waals surface area contributed by atoms with Crippen molar-refractivity contribution in [2.75, 3.05) is 22.6 Å². The number of hydrogen-bond acceptors (Lipinski definition) is 4. The standard InChI is InChI=1S/C26H21N5O4/c1-30(19-6-4-3-5-7-19)26(35)28-18-10-9-17-13-23(31(2)22(17)14-18)24(32)29-21-11-8-16(15-27)12-20(21)25(33)34/h3-14H,1-2H3,(H,28,35)(H,29,32)(H,33,34). The number of hydrogen-bond donors (Lipinski definition) is 3. The van der Waals surface area contributed by atoms with Crippen molar-refractivity contribution < 1.29 is 19.5 Å². The Morgan fingerprint density at radius 3 is 2.40 bits per heavy atom. The molecule has 0 saturated heterocycles. The highest BCUT2D eigenvalue weighted by molar-refractivity contribution is 6.09. The number of nitriles is 1. The van der Waals surface area contributed by atoms with Crippen molar-refractivity contribution in [3.8, 4) is 6.07 Å². The lowest BCUT2D eigenvalue weighted by Gasteiger charge is -2.18. The van der Waals surface area contributed by atoms with Crippen LogP contribution >= 0.6 is 0 Å². The van der Waals surface area contributed by atoms with Crippen molar-refractivity contribution >= 4 is 45.9 Å². The fourth-order valence-electron chi connectivity index (χ4n) is 3.69. The molecule has 0 spiro atoms. The molecule has 9 heteroatoms. The first kappa shape index (κ1) is 23.1. The van der Waals surface area contributed by atoms with Crippen molar-refractivity contribution in [2.45, 2.75) is 0 Å². The van der Waals surface area contributed by atoms with Gasteiger partial charge in [0.05, 0.1) is 28.4 Å². The zero-order valence-corrected chi connectivity index (χ0v) is 18.9. The molecule has 0 aliphatic carbocycles. The molecular weight excluding hydrogens is 446 g/mol. The Labute approximate surface area is 200 Å². The minimum absolute atomic E-state index is 0.0867. The van der Waals surface area contributed by atoms with Gasteiger partial charge in [-0.25, -0.2) is 9.59 Å². The summed E-state index contributed by atoms with van der Waals surface area (Å²) in [6, 6.07) is 21.8. The van der Waals surface area contributed by atoms with E-state index in [0.29, 0.717) is 16.9 Å². The van der Waals surface area contributed by atoms with E-state index in [1.54, 1.807) is 42.9 Å². The van der Waals surface area contributed by atoms with Crippen LogP contribution in [-0.4, -0.2) is 34.6 Å². The average Bonchev–Trinajstić information content (AvgIpc) is 3.20. The summed E-state index contributed by atoms with van der Waals surface area (Å²) in [4.78, 5) is 38.7. The monoisotopic (exact) mass is 467 g/mol. The van der Waals surface area contributed by atoms with E-state index in [4.69, 9.17) is 5.26 Å². The predicted octanol–water partition coefficient (Wildman–Crippen LogP) is 4.67. The molecular formula is C26H21N5O4. The molecule has 174 valence electrons. The number of aromatic carboxylic acids is 1. The van der Waals surface area contributed by atoms with Gasteiger partial charge in [0, 0.05) is 30.9 Å². The fraction of sp³-hybridized carbons (Fsp3) is 0.0769. The summed E-state index contributed by atoms with van der Waals surface area (Å²) in [5.41, 5.74) is 2.38. The Bertz CT molecular complexity index is 1500. The Hall–Kier alpha value is -5.10. The van der Waals surface area contributed by atoms with Crippen LogP contribution in [0, 0.1) is 11.3 Å². The zero-order chi connectivity index (χ0) is 25.1. The summed E-state index contributed by atoms with van der Waals surface area (Å²) >= 11 is 0. The highest BCUT2D eigenvalue weighted by Crippen LogP contribution is 2.25. The summed E-state index contributed by atoms with van der Waals surface area (Å²) in [5, 5.41) is 24.7. The quantitative estimate of drug-likeness (QED) is 0.393. The molecule has 4 aromatic rings. The molecule has 0 aliphatic heterocycles. The van der Waals surface area contributed by atoms with E-state index < -0.39 is 11.9 Å². The van der Waals surface area contributed by atoms with Crippen molar-refractivity contribution in [3.05, 3.63) is 89.6 Å². The minimum atomic E-state index is -1.25. The maximum absolute atomic E-state index is 13.0. The number of benzene rings is 3. The van der Waals surface area contributed by atoms with Crippen LogP contribution in [0.4, 0.5) is 21.9 Å². The number of anilines is 3. The molecule has 3 N–H and O–H groups in total. The van der Waals surface area contributed by atoms with Gasteiger partial charge in [-0.1, -0.05) is 24.3 Å². The Balaban J connectivity index is 1.58. The number of fused-ring (bicyclic) bond motifs is 1. The summed E-state index contributed by atoms with van der Waals surface area (Å²) in [7, 11) is 3.37. The van der Waals surface area contributed by atoms with E-state index in [2.05, 4.69) is 10.6 Å². The van der Waals surface area contributed by atoms with Crippen molar-refractivity contribution in [1.29, 1.82) is 5.26 Å². The third-order valence-corrected chi connectivity index (χ3v) is 5.60. The van der Waals surface area contributed by atoms with E-state index in [1.165, 1.54) is 23.1 Å². The van der Waals surface area contributed by atoms with Gasteiger partial charge in [-0.3, -0.25) is 9.69 Å². The van der Waals surface area contributed by atoms with Gasteiger partial charge in [-0.15, -0.1) is 0 Å². The van der Waals surface area contributed by atoms with Gasteiger partial charge in [-0.05, 0) is 48.5 Å². The van der Waals surface area contributed by atoms with Crippen LogP contribution < -0.4 is 15.5 Å². The molecule has 0 bridgehead atoms. The maximum Gasteiger partial charge on any atom is 0.337 e. The molecule has 3 amide bonds. The highest BCUT2D eigenvalue weighted by Gasteiger charge is 2.18. The summed E-state index contributed by atoms with van der Waals surface area (Å²) in [6.45, 7) is 0. The number of urea groups is 1. The number of aromatic nitrogens is 1. The van der Waals surface area contributed by atoms with Crippen LogP contribution in [0.3, 0.4) is 0 Å². The molecule has 0 saturated carbocycles. The molecule has 3 aromatic carbocycles. The number of rotatable bonds is 5. The number of nitrogens with zero attached hydrogens (tertiary/aromatic N) is 3. The van der Waals surface area contributed by atoms with E-state index >= 15 is 0 Å². The van der Waals surface area contributed by atoms with Gasteiger partial charge < -0.3 is 20.3 Å². The van der Waals surface area contributed by atoms with Crippen LogP contribution in [0.25, 0.3) is 10.9 Å². The number of carboxylic acids is 1. The first-order valence-electron chi connectivity index (χ1n) is 10.6. The number of carbonyl (C=O) groups excluding carboxylic acids is 2. The van der Waals surface area contributed by atoms with E-state index in [-0.39, 0.29) is 22.8 Å². The fourth-order valence-corrected chi connectivity index (χ4v) is 3.69. The van der Waals surface area contributed by atoms with Gasteiger partial charge in [0.1, 0.15) is 5.69 Å². The first-order chi connectivity index (χ1) is 16.8. The predicted molar refractivity (Wildman–Crippen MR) is 133 cm³/mol. The van der Waals surface area contributed by atoms with Crippen LogP contribution in [-0.2, 0) is 7.05 Å². The largest absolute Gasteiger partial charge is 0.478 e. The van der Waals surface area contributed by atoms with Crippen LogP contribution in [0.5, 0.6) is 0 Å². The van der Waals surface area contributed by atoms with E-state index in [9.17, 15) is 19.5 Å². The molecule has 0 atom stereocenters. The Morgan fingerprint density at radius 2 is 1.71 bits per heavy atom. The molecule has 0 unspecified atom stereocenters. The molecule has 1 heterocycles. The maximum atomic E-state index is 13.0. The van der Waals surface area contributed by atoms with Gasteiger partial charge >= 0.3 is 12.0 Å². The highest BCUT2D eigenvalue weighted by atomic mass is 16.4. The molecule has 0 fully saturated rings. The Kier molecular flexibility index (Phi) is 6.20. The van der Waals surface area contributed by atoms with E-state index in [0.717, 1.165) is 11.1 Å². The molecule has 9 nitrogen and oxygen atoms in total. The lowest BCUT2D eigenvalue weighted by molar-refractivity contribution is 0.0698. The smallest absolute Gasteiger partial charge is 0.337 e. The van der Waals surface area contributed by atoms with Crippen LogP contribution in [0.2, 0.25) is 0 Å². The number of aryl methyl sites for hydroxylation is 1. The lowest BCUT2D eigenvalue weighted by atomic mass is 10.1. The summed E-state index contributed by atoms with van der Waals surface area (Å²) in [5.74, 6) is -1.76. The third-order valence-electron chi connectivity index (χ3n) is 5.60. The van der Waals surface area contributed by atoms with Crippen LogP contribution in [0.15, 0.2) is 72.8 Å². The second-order valence-corrected chi connectivity index (χ2v) is 7.82. The second kappa shape index (κ2) is 9.41. The number of carboxylic acid groups (broad SMARTS) is 1. The second-order valence-electron chi connectivity index (χ2n) is 7.82. The van der Waals surface area contributed by atoms with Crippen LogP contribution in [0.1, 0.15) is 26.4 Å². The summed E-state index contributed by atoms with van der Waals surface area (Å²) < 4.78 is 1.66. The Morgan fingerprint density at radius 1 is 0.971 bits per heavy atom. The minimum Gasteiger partial charge on any atom is -0.478 e. The molecule has 1 aromatic heterocycles. The average molecular weight is 467 g/mol. The first-order valence-corrected chi connectivity index (χ1v) is 10.6. The molecule has 0 radical (unpaired) electrons. The van der Waals surface area contributed by atoms with Crippen molar-refractivity contribution in [2.24, 2.45) is 7.05 Å². The molecule has 0 aliphatic rings. The van der Waals surface area contributed by atoms with Crippen molar-refractivity contribution in [1.82, 2.24) is 4.57 Å². The van der Waals surface area contributed by atoms with Gasteiger partial charge in [0.15, 0.2) is 0 Å². The number of amides is 3. The topological polar surface area (TPSA) is 127 Å². The SMILES string of the molecule is CN(C(=O)Nc1ccc2cc(C(=O)Nc3ccc(C#N)cc3C(=O)O)n(C)c2c1)c1ccccc1. The van der Waals surface area contributed by atoms with Crippen molar-refractivity contribution in [3.63, 3.8) is 0 Å². The third kappa shape index (κ3) is 4.67. The normalized spacial score (nSPS) is 10.4. The number of nitrogens with one attached hydrogen (secondary N) is 2. The van der Waals surface area contributed by atoms with Gasteiger partial charge in [-0.2, -0.15) is 5.26 Å². The van der Waals surface area contributed by atoms with Gasteiger partial charge in [0.2, 0.25) is 0 Å². The van der Waals surface area contributed by atoms with Gasteiger partial charge in [0.25, 0.3) is 5.91 Å². The number of para-hydroxylation sites is 1. The summed E-state index contributed by atoms with van der Waals surface area (Å²) in [6.07, 6.45) is 0. The number of carbonyl (C=O) groups is 3. The lowest BCUT2D eigenvalue weighted by Crippen LogP contribution is -2.31. The zero-order valence-electron chi connectivity index (χ0n) is 18.9.